The Balaban J connectivity index is 1.93. The summed E-state index contributed by atoms with van der Waals surface area (Å²) in [7, 11) is -1.20. The Labute approximate surface area is 130 Å². The van der Waals surface area contributed by atoms with Crippen molar-refractivity contribution in [1.29, 1.82) is 0 Å². The van der Waals surface area contributed by atoms with E-state index in [0.717, 1.165) is 10.9 Å². The summed E-state index contributed by atoms with van der Waals surface area (Å²) in [5, 5.41) is 2.59. The lowest BCUT2D eigenvalue weighted by Gasteiger charge is -2.17. The van der Waals surface area contributed by atoms with E-state index >= 15 is 0 Å². The van der Waals surface area contributed by atoms with Crippen molar-refractivity contribution in [3.8, 4) is 0 Å². The Bertz CT molecular complexity index is 557. The van der Waals surface area contributed by atoms with Crippen molar-refractivity contribution >= 4 is 20.0 Å². The molecule has 5 nitrogen and oxygen atoms in total. The molecule has 0 bridgehead atoms. The van der Waals surface area contributed by atoms with Crippen LogP contribution in [0, 0.1) is 5.82 Å². The Kier molecular flexibility index (Phi) is 4.97. The smallest absolute Gasteiger partial charge is 0.327 e. The molecule has 120 valence electrons. The first-order valence-corrected chi connectivity index (χ1v) is 10.9. The average Bonchev–Trinajstić information content (AvgIpc) is 2.71. The van der Waals surface area contributed by atoms with Crippen molar-refractivity contribution in [1.82, 2.24) is 10.2 Å². The van der Waals surface area contributed by atoms with Gasteiger partial charge in [0.05, 0.1) is 0 Å². The van der Waals surface area contributed by atoms with Gasteiger partial charge in [0, 0.05) is 14.7 Å². The van der Waals surface area contributed by atoms with E-state index in [-0.39, 0.29) is 18.5 Å². The van der Waals surface area contributed by atoms with Crippen LogP contribution >= 0.6 is 0 Å². The number of amides is 3. The number of halogens is 1. The van der Waals surface area contributed by atoms with Crippen LogP contribution in [0.3, 0.4) is 0 Å². The molecule has 0 spiro atoms. The number of imide groups is 1. The monoisotopic (exact) mass is 324 g/mol. The number of nitrogens with zero attached hydrogens (tertiary/aromatic N) is 1. The molecule has 1 unspecified atom stereocenters. The van der Waals surface area contributed by atoms with Crippen LogP contribution in [0.4, 0.5) is 9.18 Å². The molecule has 3 amide bonds. The van der Waals surface area contributed by atoms with Gasteiger partial charge in [0.25, 0.3) is 5.91 Å². The fraction of sp³-hybridized carbons (Fsp3) is 0.467. The molecule has 1 aromatic rings. The predicted molar refractivity (Wildman–Crippen MR) is 83.5 cm³/mol. The van der Waals surface area contributed by atoms with E-state index < -0.39 is 20.1 Å². The summed E-state index contributed by atoms with van der Waals surface area (Å²) in [6.07, 6.45) is 0. The number of rotatable bonds is 6. The molecule has 1 heterocycles. The summed E-state index contributed by atoms with van der Waals surface area (Å²) in [6.45, 7) is 7.18. The largest absolute Gasteiger partial charge is 0.361 e. The molecule has 0 radical (unpaired) electrons. The molecule has 1 aliphatic heterocycles. The SMILES string of the molecule is C[Si](C)(C)CCOCN1C(=O)NC(c2ccc(F)cc2)C1=O. The molecule has 0 aliphatic carbocycles. The van der Waals surface area contributed by atoms with E-state index in [1.54, 1.807) is 0 Å². The standard InChI is InChI=1S/C15H21FN2O3Si/c1-22(2,3)9-8-21-10-18-14(19)13(17-15(18)20)11-4-6-12(16)7-5-11/h4-7,13H,8-10H2,1-3H3,(H,17,20). The van der Waals surface area contributed by atoms with Crippen molar-refractivity contribution in [3.05, 3.63) is 35.6 Å². The van der Waals surface area contributed by atoms with Crippen LogP contribution in [0.2, 0.25) is 25.7 Å². The minimum atomic E-state index is -1.20. The van der Waals surface area contributed by atoms with Crippen LogP contribution in [0.5, 0.6) is 0 Å². The molecule has 1 aromatic carbocycles. The van der Waals surface area contributed by atoms with E-state index in [0.29, 0.717) is 12.2 Å². The minimum absolute atomic E-state index is 0.0488. The first-order valence-electron chi connectivity index (χ1n) is 7.23. The Morgan fingerprint density at radius 1 is 1.23 bits per heavy atom. The highest BCUT2D eigenvalue weighted by Crippen LogP contribution is 2.22. The van der Waals surface area contributed by atoms with Crippen LogP contribution in [0.15, 0.2) is 24.3 Å². The number of ether oxygens (including phenoxy) is 1. The number of carbonyl (C=O) groups is 2. The van der Waals surface area contributed by atoms with Gasteiger partial charge in [-0.1, -0.05) is 31.8 Å². The third-order valence-corrected chi connectivity index (χ3v) is 5.15. The van der Waals surface area contributed by atoms with Gasteiger partial charge in [0.1, 0.15) is 18.6 Å². The fourth-order valence-corrected chi connectivity index (χ4v) is 2.81. The fourth-order valence-electron chi connectivity index (χ4n) is 2.06. The molecule has 0 saturated carbocycles. The Hall–Kier alpha value is -1.73. The summed E-state index contributed by atoms with van der Waals surface area (Å²) >= 11 is 0. The predicted octanol–water partition coefficient (Wildman–Crippen LogP) is 2.73. The highest BCUT2D eigenvalue weighted by atomic mass is 28.3. The zero-order valence-electron chi connectivity index (χ0n) is 13.1. The van der Waals surface area contributed by atoms with E-state index in [1.807, 2.05) is 0 Å². The topological polar surface area (TPSA) is 58.6 Å². The summed E-state index contributed by atoms with van der Waals surface area (Å²) in [5.74, 6) is -0.753. The Morgan fingerprint density at radius 2 is 1.86 bits per heavy atom. The van der Waals surface area contributed by atoms with Crippen LogP contribution in [-0.2, 0) is 9.53 Å². The highest BCUT2D eigenvalue weighted by Gasteiger charge is 2.38. The lowest BCUT2D eigenvalue weighted by atomic mass is 10.1. The summed E-state index contributed by atoms with van der Waals surface area (Å²) in [5.41, 5.74) is 0.560. The van der Waals surface area contributed by atoms with Crippen LogP contribution < -0.4 is 5.32 Å². The zero-order valence-corrected chi connectivity index (χ0v) is 14.1. The van der Waals surface area contributed by atoms with Gasteiger partial charge in [0.15, 0.2) is 0 Å². The number of carbonyl (C=O) groups excluding carboxylic acids is 2. The molecular weight excluding hydrogens is 303 g/mol. The first-order chi connectivity index (χ1) is 10.3. The third-order valence-electron chi connectivity index (χ3n) is 3.45. The van der Waals surface area contributed by atoms with Gasteiger partial charge < -0.3 is 10.1 Å². The van der Waals surface area contributed by atoms with E-state index in [4.69, 9.17) is 4.74 Å². The normalized spacial score (nSPS) is 18.7. The number of hydrogen-bond acceptors (Lipinski definition) is 3. The highest BCUT2D eigenvalue weighted by molar-refractivity contribution is 6.76. The summed E-state index contributed by atoms with van der Waals surface area (Å²) < 4.78 is 18.4. The van der Waals surface area contributed by atoms with Crippen molar-refractivity contribution in [2.45, 2.75) is 31.7 Å². The van der Waals surface area contributed by atoms with Crippen molar-refractivity contribution in [2.24, 2.45) is 0 Å². The van der Waals surface area contributed by atoms with E-state index in [2.05, 4.69) is 25.0 Å². The van der Waals surface area contributed by atoms with Crippen molar-refractivity contribution in [2.75, 3.05) is 13.3 Å². The van der Waals surface area contributed by atoms with Gasteiger partial charge in [-0.3, -0.25) is 4.79 Å². The lowest BCUT2D eigenvalue weighted by molar-refractivity contribution is -0.131. The third kappa shape index (κ3) is 4.14. The maximum atomic E-state index is 12.9. The average molecular weight is 324 g/mol. The number of benzene rings is 1. The molecule has 22 heavy (non-hydrogen) atoms. The van der Waals surface area contributed by atoms with E-state index in [1.165, 1.54) is 24.3 Å². The summed E-state index contributed by atoms with van der Waals surface area (Å²) in [4.78, 5) is 25.2. The molecule has 1 N–H and O–H groups in total. The van der Waals surface area contributed by atoms with Gasteiger partial charge in [-0.15, -0.1) is 0 Å². The number of urea groups is 1. The Morgan fingerprint density at radius 3 is 2.45 bits per heavy atom. The second-order valence-electron chi connectivity index (χ2n) is 6.55. The molecule has 7 heteroatoms. The van der Waals surface area contributed by atoms with Crippen molar-refractivity contribution < 1.29 is 18.7 Å². The molecule has 1 fully saturated rings. The number of hydrogen-bond donors (Lipinski definition) is 1. The van der Waals surface area contributed by atoms with Crippen LogP contribution in [-0.4, -0.2) is 38.2 Å². The molecular formula is C15H21FN2O3Si. The van der Waals surface area contributed by atoms with Gasteiger partial charge >= 0.3 is 6.03 Å². The van der Waals surface area contributed by atoms with E-state index in [9.17, 15) is 14.0 Å². The molecule has 1 atom stereocenters. The zero-order chi connectivity index (χ0) is 16.3. The minimum Gasteiger partial charge on any atom is -0.361 e. The van der Waals surface area contributed by atoms with Crippen LogP contribution in [0.25, 0.3) is 0 Å². The quantitative estimate of drug-likeness (QED) is 0.497. The second kappa shape index (κ2) is 6.58. The first kappa shape index (κ1) is 16.6. The number of nitrogens with one attached hydrogen (secondary N) is 1. The maximum Gasteiger partial charge on any atom is 0.327 e. The molecule has 1 saturated heterocycles. The summed E-state index contributed by atoms with van der Waals surface area (Å²) in [6, 6.07) is 5.24. The van der Waals surface area contributed by atoms with Gasteiger partial charge in [-0.05, 0) is 23.7 Å². The van der Waals surface area contributed by atoms with Gasteiger partial charge in [0.2, 0.25) is 0 Å². The maximum absolute atomic E-state index is 12.9. The lowest BCUT2D eigenvalue weighted by Crippen LogP contribution is -2.34. The molecule has 1 aliphatic rings. The molecule has 2 rings (SSSR count). The van der Waals surface area contributed by atoms with Gasteiger partial charge in [-0.25, -0.2) is 14.1 Å². The van der Waals surface area contributed by atoms with Gasteiger partial charge in [-0.2, -0.15) is 0 Å². The van der Waals surface area contributed by atoms with Crippen LogP contribution in [0.1, 0.15) is 11.6 Å². The molecule has 0 aromatic heterocycles. The second-order valence-corrected chi connectivity index (χ2v) is 12.2. The van der Waals surface area contributed by atoms with Crippen molar-refractivity contribution in [3.63, 3.8) is 0 Å².